The molecule has 0 bridgehead atoms. The standard InChI is InChI=1S/C23H33N7O3/c1-4-22(31)26-20-6-5-9-29(16-20)15-19-7-8-24-21(14-19)23(32)27-28(3)17-25-18(2)30-10-12-33-13-11-30/h4,7-8,14,17,20H,1-2,5-6,9-13,15-16H2,3H3,(H,26,31)(H,27,32)/t20-/m1/s1. The number of carbonyl (C=O) groups is 2. The Hall–Kier alpha value is -3.24. The molecule has 0 aromatic carbocycles. The third-order valence-electron chi connectivity index (χ3n) is 5.53. The smallest absolute Gasteiger partial charge is 0.288 e. The zero-order valence-corrected chi connectivity index (χ0v) is 19.2. The third kappa shape index (κ3) is 7.69. The van der Waals surface area contributed by atoms with Crippen molar-refractivity contribution in [1.82, 2.24) is 30.5 Å². The van der Waals surface area contributed by atoms with Crippen LogP contribution >= 0.6 is 0 Å². The van der Waals surface area contributed by atoms with Crippen LogP contribution in [0.1, 0.15) is 28.9 Å². The van der Waals surface area contributed by atoms with Crippen molar-refractivity contribution in [1.29, 1.82) is 0 Å². The topological polar surface area (TPSA) is 102 Å². The van der Waals surface area contributed by atoms with E-state index in [0.29, 0.717) is 31.3 Å². The number of piperidine rings is 1. The lowest BCUT2D eigenvalue weighted by molar-refractivity contribution is -0.117. The summed E-state index contributed by atoms with van der Waals surface area (Å²) in [7, 11) is 1.70. The Morgan fingerprint density at radius 2 is 2.15 bits per heavy atom. The summed E-state index contributed by atoms with van der Waals surface area (Å²) >= 11 is 0. The van der Waals surface area contributed by atoms with Crippen molar-refractivity contribution in [2.45, 2.75) is 25.4 Å². The Balaban J connectivity index is 1.51. The van der Waals surface area contributed by atoms with Crippen molar-refractivity contribution in [3.05, 3.63) is 54.6 Å². The van der Waals surface area contributed by atoms with Gasteiger partial charge in [-0.05, 0) is 43.2 Å². The van der Waals surface area contributed by atoms with Gasteiger partial charge in [-0.2, -0.15) is 0 Å². The van der Waals surface area contributed by atoms with Gasteiger partial charge in [0.05, 0.1) is 13.2 Å². The quantitative estimate of drug-likeness (QED) is 0.245. The first-order chi connectivity index (χ1) is 15.9. The van der Waals surface area contributed by atoms with Gasteiger partial charge in [0, 0.05) is 45.5 Å². The van der Waals surface area contributed by atoms with Crippen molar-refractivity contribution >= 4 is 18.2 Å². The minimum absolute atomic E-state index is 0.106. The van der Waals surface area contributed by atoms with Crippen LogP contribution in [0, 0.1) is 0 Å². The number of nitrogens with one attached hydrogen (secondary N) is 2. The highest BCUT2D eigenvalue weighted by molar-refractivity contribution is 5.92. The Kier molecular flexibility index (Phi) is 8.96. The molecular weight excluding hydrogens is 422 g/mol. The molecule has 2 amide bonds. The SMILES string of the molecule is C=CC(=O)N[C@@H]1CCCN(Cc2ccnc(C(=O)NN(C)C=NC(=C)N3CCOCC3)c2)C1. The zero-order valence-electron chi connectivity index (χ0n) is 19.2. The van der Waals surface area contributed by atoms with Gasteiger partial charge in [0.15, 0.2) is 0 Å². The average molecular weight is 456 g/mol. The molecule has 2 aliphatic heterocycles. The number of aliphatic imine (C=N–C) groups is 1. The minimum atomic E-state index is -0.322. The highest BCUT2D eigenvalue weighted by atomic mass is 16.5. The van der Waals surface area contributed by atoms with E-state index in [1.807, 2.05) is 11.0 Å². The molecule has 10 nitrogen and oxygen atoms in total. The summed E-state index contributed by atoms with van der Waals surface area (Å²) in [5, 5.41) is 4.45. The van der Waals surface area contributed by atoms with E-state index in [1.54, 1.807) is 19.3 Å². The summed E-state index contributed by atoms with van der Waals surface area (Å²) in [6.45, 7) is 12.7. The number of ether oxygens (including phenoxy) is 1. The van der Waals surface area contributed by atoms with Gasteiger partial charge in [-0.25, -0.2) is 4.99 Å². The lowest BCUT2D eigenvalue weighted by atomic mass is 10.0. The maximum atomic E-state index is 12.7. The molecule has 2 fully saturated rings. The van der Waals surface area contributed by atoms with Gasteiger partial charge in [0.25, 0.3) is 5.91 Å². The van der Waals surface area contributed by atoms with Crippen molar-refractivity contribution < 1.29 is 14.3 Å². The van der Waals surface area contributed by atoms with Crippen LogP contribution < -0.4 is 10.7 Å². The summed E-state index contributed by atoms with van der Waals surface area (Å²) in [6.07, 6.45) is 6.41. The van der Waals surface area contributed by atoms with Crippen LogP contribution in [0.4, 0.5) is 0 Å². The number of hydrogen-bond donors (Lipinski definition) is 2. The molecule has 178 valence electrons. The highest BCUT2D eigenvalue weighted by Crippen LogP contribution is 2.14. The summed E-state index contributed by atoms with van der Waals surface area (Å²) in [5.74, 6) is 0.159. The average Bonchev–Trinajstić information content (AvgIpc) is 2.83. The second-order valence-corrected chi connectivity index (χ2v) is 8.15. The fourth-order valence-corrected chi connectivity index (χ4v) is 3.83. The summed E-state index contributed by atoms with van der Waals surface area (Å²) in [4.78, 5) is 37.1. The number of nitrogens with zero attached hydrogens (tertiary/aromatic N) is 5. The van der Waals surface area contributed by atoms with Crippen LogP contribution in [-0.2, 0) is 16.1 Å². The molecule has 2 saturated heterocycles. The maximum absolute atomic E-state index is 12.7. The highest BCUT2D eigenvalue weighted by Gasteiger charge is 2.21. The number of amides is 2. The van der Waals surface area contributed by atoms with Crippen molar-refractivity contribution in [2.24, 2.45) is 4.99 Å². The number of morpholine rings is 1. The summed E-state index contributed by atoms with van der Waals surface area (Å²) in [5.41, 5.74) is 4.06. The number of aromatic nitrogens is 1. The number of rotatable bonds is 9. The molecule has 3 rings (SSSR count). The molecule has 2 N–H and O–H groups in total. The molecule has 1 aromatic heterocycles. The van der Waals surface area contributed by atoms with E-state index in [4.69, 9.17) is 4.74 Å². The predicted molar refractivity (Wildman–Crippen MR) is 126 cm³/mol. The normalized spacial score (nSPS) is 19.2. The number of pyridine rings is 1. The van der Waals surface area contributed by atoms with E-state index < -0.39 is 0 Å². The van der Waals surface area contributed by atoms with Crippen LogP contribution in [0.2, 0.25) is 0 Å². The molecule has 2 aliphatic rings. The van der Waals surface area contributed by atoms with Gasteiger partial charge in [0.1, 0.15) is 17.9 Å². The second-order valence-electron chi connectivity index (χ2n) is 8.15. The van der Waals surface area contributed by atoms with E-state index in [9.17, 15) is 9.59 Å². The fourth-order valence-electron chi connectivity index (χ4n) is 3.83. The molecule has 0 saturated carbocycles. The van der Waals surface area contributed by atoms with Gasteiger partial charge in [0.2, 0.25) is 5.91 Å². The van der Waals surface area contributed by atoms with Crippen molar-refractivity contribution in [2.75, 3.05) is 46.4 Å². The molecule has 10 heteroatoms. The molecule has 0 radical (unpaired) electrons. The van der Waals surface area contributed by atoms with Gasteiger partial charge in [-0.1, -0.05) is 13.2 Å². The largest absolute Gasteiger partial charge is 0.378 e. The van der Waals surface area contributed by atoms with Crippen LogP contribution in [0.5, 0.6) is 0 Å². The summed E-state index contributed by atoms with van der Waals surface area (Å²) < 4.78 is 5.33. The van der Waals surface area contributed by atoms with Gasteiger partial charge < -0.3 is 15.0 Å². The number of carbonyl (C=O) groups excluding carboxylic acids is 2. The lowest BCUT2D eigenvalue weighted by Crippen LogP contribution is -2.46. The summed E-state index contributed by atoms with van der Waals surface area (Å²) in [6, 6.07) is 3.80. The van der Waals surface area contributed by atoms with Gasteiger partial charge >= 0.3 is 0 Å². The zero-order chi connectivity index (χ0) is 23.6. The van der Waals surface area contributed by atoms with E-state index in [0.717, 1.165) is 44.6 Å². The van der Waals surface area contributed by atoms with Crippen LogP contribution in [-0.4, -0.2) is 90.4 Å². The van der Waals surface area contributed by atoms with E-state index in [2.05, 4.69) is 38.8 Å². The van der Waals surface area contributed by atoms with Crippen molar-refractivity contribution in [3.63, 3.8) is 0 Å². The Morgan fingerprint density at radius 1 is 1.36 bits per heavy atom. The molecule has 0 unspecified atom stereocenters. The Bertz CT molecular complexity index is 883. The Morgan fingerprint density at radius 3 is 2.91 bits per heavy atom. The molecule has 3 heterocycles. The van der Waals surface area contributed by atoms with Crippen LogP contribution in [0.15, 0.2) is 48.4 Å². The molecule has 0 spiro atoms. The monoisotopic (exact) mass is 455 g/mol. The van der Waals surface area contributed by atoms with E-state index in [1.165, 1.54) is 17.4 Å². The lowest BCUT2D eigenvalue weighted by Gasteiger charge is -2.33. The third-order valence-corrected chi connectivity index (χ3v) is 5.53. The fraction of sp³-hybridized carbons (Fsp3) is 0.478. The molecule has 1 atom stereocenters. The molecule has 1 aromatic rings. The maximum Gasteiger partial charge on any atom is 0.288 e. The number of likely N-dealkylation sites (tertiary alicyclic amines) is 1. The van der Waals surface area contributed by atoms with Gasteiger partial charge in [-0.15, -0.1) is 0 Å². The minimum Gasteiger partial charge on any atom is -0.378 e. The first-order valence-electron chi connectivity index (χ1n) is 11.1. The van der Waals surface area contributed by atoms with Gasteiger partial charge in [-0.3, -0.25) is 29.9 Å². The van der Waals surface area contributed by atoms with E-state index >= 15 is 0 Å². The first-order valence-corrected chi connectivity index (χ1v) is 11.1. The number of hydrogen-bond acceptors (Lipinski definition) is 7. The second kappa shape index (κ2) is 12.1. The molecule has 33 heavy (non-hydrogen) atoms. The van der Waals surface area contributed by atoms with E-state index in [-0.39, 0.29) is 17.9 Å². The number of hydrazine groups is 1. The first kappa shape index (κ1) is 24.4. The van der Waals surface area contributed by atoms with Crippen LogP contribution in [0.25, 0.3) is 0 Å². The molecular formula is C23H33N7O3. The molecule has 0 aliphatic carbocycles. The van der Waals surface area contributed by atoms with Crippen molar-refractivity contribution in [3.8, 4) is 0 Å². The van der Waals surface area contributed by atoms with Crippen LogP contribution in [0.3, 0.4) is 0 Å². The Labute approximate surface area is 195 Å². The predicted octanol–water partition coefficient (Wildman–Crippen LogP) is 0.757.